The number of amides is 1. The van der Waals surface area contributed by atoms with Gasteiger partial charge >= 0.3 is 5.97 Å². The molecule has 0 aliphatic heterocycles. The zero-order valence-electron chi connectivity index (χ0n) is 11.2. The molecule has 1 aliphatic carbocycles. The van der Waals surface area contributed by atoms with Gasteiger partial charge < -0.3 is 10.4 Å². The summed E-state index contributed by atoms with van der Waals surface area (Å²) in [6.07, 6.45) is 2.56. The molecule has 0 bridgehead atoms. The first-order chi connectivity index (χ1) is 8.99. The van der Waals surface area contributed by atoms with E-state index in [0.29, 0.717) is 11.4 Å². The van der Waals surface area contributed by atoms with E-state index >= 15 is 0 Å². The fraction of sp³-hybridized carbons (Fsp3) is 0.571. The van der Waals surface area contributed by atoms with E-state index in [1.807, 2.05) is 19.9 Å². The summed E-state index contributed by atoms with van der Waals surface area (Å²) in [6, 6.07) is 1.89. The lowest BCUT2D eigenvalue weighted by atomic mass is 9.96. The van der Waals surface area contributed by atoms with E-state index in [1.165, 1.54) is 11.3 Å². The molecule has 0 radical (unpaired) electrons. The highest BCUT2D eigenvalue weighted by Gasteiger charge is 2.32. The highest BCUT2D eigenvalue weighted by molar-refractivity contribution is 7.14. The van der Waals surface area contributed by atoms with Crippen LogP contribution in [0, 0.1) is 25.7 Å². The molecule has 2 N–H and O–H groups in total. The number of carbonyl (C=O) groups excluding carboxylic acids is 1. The van der Waals surface area contributed by atoms with Crippen molar-refractivity contribution in [2.24, 2.45) is 11.8 Å². The van der Waals surface area contributed by atoms with Crippen LogP contribution in [0.2, 0.25) is 0 Å². The van der Waals surface area contributed by atoms with Gasteiger partial charge in [-0.3, -0.25) is 9.59 Å². The molecule has 104 valence electrons. The minimum absolute atomic E-state index is 0.0728. The molecule has 5 heteroatoms. The monoisotopic (exact) mass is 281 g/mol. The lowest BCUT2D eigenvalue weighted by Gasteiger charge is -2.15. The number of carboxylic acids is 1. The van der Waals surface area contributed by atoms with Gasteiger partial charge in [-0.05, 0) is 44.2 Å². The fourth-order valence-electron chi connectivity index (χ4n) is 2.60. The Hall–Kier alpha value is -1.36. The second-order valence-electron chi connectivity index (χ2n) is 5.20. The second-order valence-corrected chi connectivity index (χ2v) is 6.45. The van der Waals surface area contributed by atoms with Crippen LogP contribution in [-0.2, 0) is 4.79 Å². The topological polar surface area (TPSA) is 66.4 Å². The molecule has 4 nitrogen and oxygen atoms in total. The first-order valence-electron chi connectivity index (χ1n) is 6.57. The van der Waals surface area contributed by atoms with E-state index in [0.717, 1.165) is 29.7 Å². The quantitative estimate of drug-likeness (QED) is 0.891. The van der Waals surface area contributed by atoms with Gasteiger partial charge in [0.15, 0.2) is 0 Å². The third-order valence-electron chi connectivity index (χ3n) is 3.89. The van der Waals surface area contributed by atoms with E-state index < -0.39 is 5.97 Å². The predicted octanol–water partition coefficient (Wildman–Crippen LogP) is 2.60. The highest BCUT2D eigenvalue weighted by atomic mass is 32.1. The Morgan fingerprint density at radius 2 is 2.16 bits per heavy atom. The van der Waals surface area contributed by atoms with Crippen LogP contribution in [0.25, 0.3) is 0 Å². The fourth-order valence-corrected chi connectivity index (χ4v) is 3.55. The van der Waals surface area contributed by atoms with Crippen LogP contribution in [0.1, 0.15) is 39.4 Å². The van der Waals surface area contributed by atoms with Crippen LogP contribution in [0.15, 0.2) is 6.07 Å². The SMILES string of the molecule is Cc1cc(C(=O)NCC2CCCC2C(=O)O)sc1C. The number of aliphatic carboxylic acids is 1. The van der Waals surface area contributed by atoms with Crippen molar-refractivity contribution in [2.45, 2.75) is 33.1 Å². The molecule has 2 rings (SSSR count). The lowest BCUT2D eigenvalue weighted by Crippen LogP contribution is -2.32. The molecule has 1 fully saturated rings. The van der Waals surface area contributed by atoms with Crippen molar-refractivity contribution in [1.29, 1.82) is 0 Å². The molecule has 1 heterocycles. The van der Waals surface area contributed by atoms with Crippen LogP contribution in [-0.4, -0.2) is 23.5 Å². The summed E-state index contributed by atoms with van der Waals surface area (Å²) in [6.45, 7) is 4.44. The molecule has 1 saturated carbocycles. The van der Waals surface area contributed by atoms with Gasteiger partial charge in [-0.15, -0.1) is 11.3 Å². The van der Waals surface area contributed by atoms with Crippen molar-refractivity contribution >= 4 is 23.2 Å². The average Bonchev–Trinajstić information content (AvgIpc) is 2.94. The molecule has 1 aromatic rings. The standard InChI is InChI=1S/C14H19NO3S/c1-8-6-12(19-9(8)2)13(16)15-7-10-4-3-5-11(10)14(17)18/h6,10-11H,3-5,7H2,1-2H3,(H,15,16)(H,17,18). The molecule has 0 spiro atoms. The molecule has 1 aliphatic rings. The van der Waals surface area contributed by atoms with E-state index in [-0.39, 0.29) is 17.7 Å². The summed E-state index contributed by atoms with van der Waals surface area (Å²) in [5.74, 6) is -1.05. The van der Waals surface area contributed by atoms with Crippen molar-refractivity contribution in [2.75, 3.05) is 6.54 Å². The number of hydrogen-bond acceptors (Lipinski definition) is 3. The van der Waals surface area contributed by atoms with E-state index in [2.05, 4.69) is 5.32 Å². The van der Waals surface area contributed by atoms with Crippen molar-refractivity contribution in [1.82, 2.24) is 5.32 Å². The largest absolute Gasteiger partial charge is 0.481 e. The smallest absolute Gasteiger partial charge is 0.306 e. The van der Waals surface area contributed by atoms with Crippen LogP contribution < -0.4 is 5.32 Å². The van der Waals surface area contributed by atoms with Crippen molar-refractivity contribution in [3.8, 4) is 0 Å². The van der Waals surface area contributed by atoms with E-state index in [1.54, 1.807) is 0 Å². The summed E-state index contributed by atoms with van der Waals surface area (Å²) in [5.41, 5.74) is 1.12. The summed E-state index contributed by atoms with van der Waals surface area (Å²) in [5, 5.41) is 12.0. The van der Waals surface area contributed by atoms with Gasteiger partial charge in [0.25, 0.3) is 5.91 Å². The number of carbonyl (C=O) groups is 2. The second kappa shape index (κ2) is 5.74. The van der Waals surface area contributed by atoms with Crippen LogP contribution in [0.5, 0.6) is 0 Å². The number of hydrogen-bond donors (Lipinski definition) is 2. The third kappa shape index (κ3) is 3.15. The lowest BCUT2D eigenvalue weighted by molar-refractivity contribution is -0.142. The number of aryl methyl sites for hydroxylation is 2. The summed E-state index contributed by atoms with van der Waals surface area (Å²) >= 11 is 1.48. The van der Waals surface area contributed by atoms with E-state index in [4.69, 9.17) is 5.11 Å². The molecule has 2 unspecified atom stereocenters. The Labute approximate surface area is 116 Å². The Kier molecular flexibility index (Phi) is 4.24. The van der Waals surface area contributed by atoms with Gasteiger partial charge in [0.05, 0.1) is 10.8 Å². The first kappa shape index (κ1) is 14.1. The highest BCUT2D eigenvalue weighted by Crippen LogP contribution is 2.31. The van der Waals surface area contributed by atoms with Gasteiger partial charge in [0, 0.05) is 11.4 Å². The summed E-state index contributed by atoms with van der Waals surface area (Å²) in [7, 11) is 0. The normalized spacial score (nSPS) is 22.4. The predicted molar refractivity (Wildman–Crippen MR) is 74.6 cm³/mol. The molecule has 19 heavy (non-hydrogen) atoms. The summed E-state index contributed by atoms with van der Waals surface area (Å²) in [4.78, 5) is 24.9. The number of carboxylic acid groups (broad SMARTS) is 1. The number of thiophene rings is 1. The maximum atomic E-state index is 12.0. The molecule has 2 atom stereocenters. The van der Waals surface area contributed by atoms with Gasteiger partial charge in [-0.25, -0.2) is 0 Å². The number of nitrogens with one attached hydrogen (secondary N) is 1. The third-order valence-corrected chi connectivity index (χ3v) is 5.04. The van der Waals surface area contributed by atoms with Crippen molar-refractivity contribution in [3.63, 3.8) is 0 Å². The molecule has 0 aromatic carbocycles. The zero-order valence-corrected chi connectivity index (χ0v) is 12.0. The van der Waals surface area contributed by atoms with Crippen molar-refractivity contribution in [3.05, 3.63) is 21.4 Å². The Balaban J connectivity index is 1.91. The maximum Gasteiger partial charge on any atom is 0.306 e. The maximum absolute atomic E-state index is 12.0. The van der Waals surface area contributed by atoms with Crippen molar-refractivity contribution < 1.29 is 14.7 Å². The molecule has 1 amide bonds. The molecule has 0 saturated heterocycles. The minimum Gasteiger partial charge on any atom is -0.481 e. The van der Waals surface area contributed by atoms with Gasteiger partial charge in [-0.1, -0.05) is 6.42 Å². The Bertz CT molecular complexity index is 475. The molecular formula is C14H19NO3S. The first-order valence-corrected chi connectivity index (χ1v) is 7.38. The van der Waals surface area contributed by atoms with E-state index in [9.17, 15) is 9.59 Å². The Morgan fingerprint density at radius 3 is 2.74 bits per heavy atom. The molecular weight excluding hydrogens is 262 g/mol. The zero-order chi connectivity index (χ0) is 14.0. The van der Waals surface area contributed by atoms with Crippen LogP contribution in [0.4, 0.5) is 0 Å². The minimum atomic E-state index is -0.737. The van der Waals surface area contributed by atoms with Gasteiger partial charge in [0.1, 0.15) is 0 Å². The summed E-state index contributed by atoms with van der Waals surface area (Å²) < 4.78 is 0. The van der Waals surface area contributed by atoms with Gasteiger partial charge in [0.2, 0.25) is 0 Å². The van der Waals surface area contributed by atoms with Crippen LogP contribution >= 0.6 is 11.3 Å². The Morgan fingerprint density at radius 1 is 1.42 bits per heavy atom. The van der Waals surface area contributed by atoms with Gasteiger partial charge in [-0.2, -0.15) is 0 Å². The molecule has 1 aromatic heterocycles. The van der Waals surface area contributed by atoms with Crippen LogP contribution in [0.3, 0.4) is 0 Å². The average molecular weight is 281 g/mol. The number of rotatable bonds is 4.